The van der Waals surface area contributed by atoms with Gasteiger partial charge in [0, 0.05) is 35.7 Å². The number of hydrogen-bond donors (Lipinski definition) is 2. The van der Waals surface area contributed by atoms with E-state index in [2.05, 4.69) is 77.8 Å². The van der Waals surface area contributed by atoms with Crippen LogP contribution in [-0.2, 0) is 19.1 Å². The van der Waals surface area contributed by atoms with Gasteiger partial charge in [0.1, 0.15) is 6.10 Å². The normalized spacial score (nSPS) is 38.0. The maximum Gasteiger partial charge on any atom is 0.309 e. The topological polar surface area (TPSA) is 106 Å². The van der Waals surface area contributed by atoms with E-state index in [0.717, 1.165) is 63.5 Å². The number of esters is 1. The van der Waals surface area contributed by atoms with Gasteiger partial charge in [-0.25, -0.2) is 0 Å². The molecule has 0 unspecified atom stereocenters. The molecule has 4 fully saturated rings. The smallest absolute Gasteiger partial charge is 0.309 e. The van der Waals surface area contributed by atoms with Gasteiger partial charge in [-0.3, -0.25) is 19.4 Å². The average molecular weight is 703 g/mol. The number of carboxylic acids is 1. The van der Waals surface area contributed by atoms with Crippen molar-refractivity contribution in [3.8, 4) is 0 Å². The number of allylic oxidation sites excluding steroid dienone is 2. The van der Waals surface area contributed by atoms with Gasteiger partial charge < -0.3 is 15.2 Å². The Hall–Kier alpha value is -2.54. The van der Waals surface area contributed by atoms with Crippen molar-refractivity contribution in [2.24, 2.45) is 56.2 Å². The van der Waals surface area contributed by atoms with E-state index in [0.29, 0.717) is 30.0 Å². The standard InChI is InChI=1S/C44H66N2O5/c1-27(2)36-31(47)25-44(21-24-46-28(3)29-15-22-45-23-16-29)20-19-42(9)30(37(36)44)11-12-33-41(8)17-14-34(51-35(48)26-39(4,5)38(49)50)40(6,7)32(41)13-18-43(33,42)10/h15-16,22-23,27-28,30,32-34,46H,11-14,17-21,24-26H2,1-10H3,(H,49,50)/t28-,30-,32+,33-,34+,41+,42-,43-,44-/m1/s1. The number of fused-ring (bicyclic) bond motifs is 7. The number of rotatable bonds is 10. The van der Waals surface area contributed by atoms with Crippen molar-refractivity contribution in [2.45, 2.75) is 152 Å². The van der Waals surface area contributed by atoms with E-state index in [1.807, 2.05) is 12.4 Å². The van der Waals surface area contributed by atoms with E-state index < -0.39 is 17.4 Å². The summed E-state index contributed by atoms with van der Waals surface area (Å²) in [7, 11) is 0. The van der Waals surface area contributed by atoms with Gasteiger partial charge >= 0.3 is 11.9 Å². The third kappa shape index (κ3) is 6.04. The molecule has 7 heteroatoms. The van der Waals surface area contributed by atoms with Crippen LogP contribution < -0.4 is 5.32 Å². The zero-order chi connectivity index (χ0) is 37.4. The van der Waals surface area contributed by atoms with Crippen LogP contribution in [0, 0.1) is 56.2 Å². The molecule has 1 aromatic rings. The molecule has 5 aliphatic rings. The number of aromatic nitrogens is 1. The lowest BCUT2D eigenvalue weighted by molar-refractivity contribution is -0.233. The molecule has 2 N–H and O–H groups in total. The quantitative estimate of drug-likeness (QED) is 0.234. The molecule has 1 aromatic heterocycles. The molecule has 51 heavy (non-hydrogen) atoms. The summed E-state index contributed by atoms with van der Waals surface area (Å²) in [6, 6.07) is 4.40. The number of nitrogens with zero attached hydrogens (tertiary/aromatic N) is 1. The summed E-state index contributed by atoms with van der Waals surface area (Å²) in [4.78, 5) is 43.0. The lowest BCUT2D eigenvalue weighted by Crippen LogP contribution is -2.65. The SMILES string of the molecule is CC(C)C1=C2[C@H]3CC[C@@H]4[C@@]5(C)CC[C@H](OC(=O)CC(C)(C)C(=O)O)C(C)(C)[C@@H]5CC[C@@]4(C)[C@]3(C)CC[C@@]2(CCN[C@H](C)c2ccncc2)CC1=O. The number of ether oxygens (including phenoxy) is 1. The highest BCUT2D eigenvalue weighted by Gasteiger charge is 2.70. The molecule has 1 heterocycles. The van der Waals surface area contributed by atoms with Crippen LogP contribution in [0.5, 0.6) is 0 Å². The summed E-state index contributed by atoms with van der Waals surface area (Å²) < 4.78 is 6.18. The van der Waals surface area contributed by atoms with E-state index >= 15 is 0 Å². The maximum atomic E-state index is 14.0. The fourth-order valence-corrected chi connectivity index (χ4v) is 13.2. The number of hydrogen-bond acceptors (Lipinski definition) is 6. The molecular weight excluding hydrogens is 636 g/mol. The summed E-state index contributed by atoms with van der Waals surface area (Å²) >= 11 is 0. The largest absolute Gasteiger partial charge is 0.481 e. The predicted octanol–water partition coefficient (Wildman–Crippen LogP) is 9.52. The second-order valence-corrected chi connectivity index (χ2v) is 19.9. The number of ketones is 1. The zero-order valence-corrected chi connectivity index (χ0v) is 33.3. The molecule has 9 atom stereocenters. The number of pyridine rings is 1. The summed E-state index contributed by atoms with van der Waals surface area (Å²) in [5.41, 5.74) is 2.92. The van der Waals surface area contributed by atoms with E-state index in [9.17, 15) is 19.5 Å². The Balaban J connectivity index is 1.25. The lowest BCUT2D eigenvalue weighted by Gasteiger charge is -2.72. The van der Waals surface area contributed by atoms with E-state index in [1.165, 1.54) is 12.0 Å². The number of aliphatic carboxylic acids is 1. The minimum atomic E-state index is -1.15. The van der Waals surface area contributed by atoms with Gasteiger partial charge in [0.2, 0.25) is 0 Å². The molecule has 0 radical (unpaired) electrons. The highest BCUT2D eigenvalue weighted by molar-refractivity contribution is 6.00. The Labute approximate surface area is 307 Å². The maximum absolute atomic E-state index is 14.0. The van der Waals surface area contributed by atoms with Gasteiger partial charge in [-0.1, -0.05) is 54.0 Å². The number of carbonyl (C=O) groups excluding carboxylic acids is 2. The first-order valence-corrected chi connectivity index (χ1v) is 20.1. The average Bonchev–Trinajstić information content (AvgIpc) is 3.35. The number of nitrogens with one attached hydrogen (secondary N) is 1. The first kappa shape index (κ1) is 38.2. The van der Waals surface area contributed by atoms with E-state index in [1.54, 1.807) is 19.4 Å². The minimum absolute atomic E-state index is 0.0464. The molecule has 7 nitrogen and oxygen atoms in total. The van der Waals surface area contributed by atoms with Crippen molar-refractivity contribution in [1.29, 1.82) is 0 Å². The Kier molecular flexibility index (Phi) is 9.80. The second-order valence-electron chi connectivity index (χ2n) is 19.9. The van der Waals surface area contributed by atoms with Crippen molar-refractivity contribution < 1.29 is 24.2 Å². The van der Waals surface area contributed by atoms with Gasteiger partial charge in [0.15, 0.2) is 5.78 Å². The highest BCUT2D eigenvalue weighted by Crippen LogP contribution is 2.77. The Morgan fingerprint density at radius 3 is 2.27 bits per heavy atom. The van der Waals surface area contributed by atoms with Gasteiger partial charge in [-0.2, -0.15) is 0 Å². The van der Waals surface area contributed by atoms with Crippen molar-refractivity contribution >= 4 is 17.7 Å². The van der Waals surface area contributed by atoms with Crippen LogP contribution in [0.25, 0.3) is 0 Å². The summed E-state index contributed by atoms with van der Waals surface area (Å²) in [5.74, 6) is 0.660. The van der Waals surface area contributed by atoms with Crippen molar-refractivity contribution in [2.75, 3.05) is 6.54 Å². The van der Waals surface area contributed by atoms with Gasteiger partial charge in [0.25, 0.3) is 0 Å². The van der Waals surface area contributed by atoms with Crippen LogP contribution in [0.15, 0.2) is 35.7 Å². The van der Waals surface area contributed by atoms with E-state index in [-0.39, 0.29) is 51.6 Å². The summed E-state index contributed by atoms with van der Waals surface area (Å²) in [6.45, 7) is 23.2. The molecule has 6 rings (SSSR count). The Morgan fingerprint density at radius 2 is 1.63 bits per heavy atom. The molecule has 0 amide bonds. The first-order valence-electron chi connectivity index (χ1n) is 20.1. The molecule has 282 valence electrons. The number of carboxylic acid groups (broad SMARTS) is 1. The molecule has 0 spiro atoms. The van der Waals surface area contributed by atoms with Gasteiger partial charge in [0.05, 0.1) is 11.8 Å². The van der Waals surface area contributed by atoms with Crippen LogP contribution in [0.1, 0.15) is 151 Å². The minimum Gasteiger partial charge on any atom is -0.481 e. The summed E-state index contributed by atoms with van der Waals surface area (Å²) in [6.07, 6.45) is 13.7. The van der Waals surface area contributed by atoms with Gasteiger partial charge in [-0.05, 0) is 148 Å². The zero-order valence-electron chi connectivity index (χ0n) is 33.3. The fraction of sp³-hybridized carbons (Fsp3) is 0.773. The van der Waals surface area contributed by atoms with Gasteiger partial charge in [-0.15, -0.1) is 0 Å². The Morgan fingerprint density at radius 1 is 0.941 bits per heavy atom. The second kappa shape index (κ2) is 13.1. The molecule has 0 aromatic carbocycles. The van der Waals surface area contributed by atoms with Crippen LogP contribution in [-0.4, -0.2) is 40.5 Å². The molecule has 5 aliphatic carbocycles. The highest BCUT2D eigenvalue weighted by atomic mass is 16.5. The van der Waals surface area contributed by atoms with Crippen LogP contribution in [0.4, 0.5) is 0 Å². The third-order valence-corrected chi connectivity index (χ3v) is 16.2. The predicted molar refractivity (Wildman–Crippen MR) is 201 cm³/mol. The molecule has 0 aliphatic heterocycles. The fourth-order valence-electron chi connectivity index (χ4n) is 13.2. The number of carbonyl (C=O) groups is 3. The van der Waals surface area contributed by atoms with Crippen molar-refractivity contribution in [3.63, 3.8) is 0 Å². The van der Waals surface area contributed by atoms with Crippen molar-refractivity contribution in [3.05, 3.63) is 41.2 Å². The van der Waals surface area contributed by atoms with Crippen LogP contribution >= 0.6 is 0 Å². The van der Waals surface area contributed by atoms with Crippen LogP contribution in [0.3, 0.4) is 0 Å². The van der Waals surface area contributed by atoms with Crippen molar-refractivity contribution in [1.82, 2.24) is 10.3 Å². The first-order chi connectivity index (χ1) is 23.7. The van der Waals surface area contributed by atoms with E-state index in [4.69, 9.17) is 4.74 Å². The molecule has 4 saturated carbocycles. The monoisotopic (exact) mass is 702 g/mol. The lowest BCUT2D eigenvalue weighted by atomic mass is 9.33. The third-order valence-electron chi connectivity index (χ3n) is 16.2. The molecule has 0 bridgehead atoms. The number of Topliss-reactive ketones (excluding diaryl/α,β-unsaturated/α-hetero) is 1. The van der Waals surface area contributed by atoms with Crippen LogP contribution in [0.2, 0.25) is 0 Å². The summed E-state index contributed by atoms with van der Waals surface area (Å²) in [5, 5.41) is 13.4. The Bertz CT molecular complexity index is 1560. The molecule has 0 saturated heterocycles. The molecular formula is C44H66N2O5.